The van der Waals surface area contributed by atoms with Crippen molar-refractivity contribution in [2.45, 2.75) is 44.3 Å². The molecule has 21 heavy (non-hydrogen) atoms. The first kappa shape index (κ1) is 14.0. The second-order valence-corrected chi connectivity index (χ2v) is 7.57. The molecule has 3 fully saturated rings. The first-order valence-corrected chi connectivity index (χ1v) is 9.10. The molecule has 0 radical (unpaired) electrons. The van der Waals surface area contributed by atoms with Crippen LogP contribution in [0.3, 0.4) is 0 Å². The van der Waals surface area contributed by atoms with Gasteiger partial charge in [0.25, 0.3) is 0 Å². The normalized spacial score (nSPS) is 26.1. The zero-order chi connectivity index (χ0) is 14.2. The Morgan fingerprint density at radius 3 is 2.86 bits per heavy atom. The molecule has 1 atom stereocenters. The number of hydrogen-bond donors (Lipinski definition) is 1. The van der Waals surface area contributed by atoms with Crippen LogP contribution >= 0.6 is 15.9 Å². The van der Waals surface area contributed by atoms with Crippen molar-refractivity contribution in [1.82, 2.24) is 10.2 Å². The van der Waals surface area contributed by atoms with Gasteiger partial charge in [-0.3, -0.25) is 4.90 Å². The molecule has 2 aliphatic heterocycles. The molecule has 0 spiro atoms. The van der Waals surface area contributed by atoms with E-state index in [1.165, 1.54) is 61.0 Å². The summed E-state index contributed by atoms with van der Waals surface area (Å²) < 4.78 is 1.25. The largest absolute Gasteiger partial charge is 0.368 e. The first-order valence-electron chi connectivity index (χ1n) is 8.30. The highest BCUT2D eigenvalue weighted by atomic mass is 79.9. The van der Waals surface area contributed by atoms with E-state index in [1.807, 2.05) is 0 Å². The van der Waals surface area contributed by atoms with Crippen LogP contribution in [-0.4, -0.2) is 43.2 Å². The topological polar surface area (TPSA) is 18.5 Å². The maximum absolute atomic E-state index is 3.79. The summed E-state index contributed by atoms with van der Waals surface area (Å²) in [7, 11) is 0. The molecule has 4 rings (SSSR count). The second-order valence-electron chi connectivity index (χ2n) is 6.72. The number of rotatable bonds is 4. The van der Waals surface area contributed by atoms with E-state index in [0.29, 0.717) is 0 Å². The van der Waals surface area contributed by atoms with Crippen LogP contribution in [0.15, 0.2) is 22.7 Å². The van der Waals surface area contributed by atoms with Crippen LogP contribution < -0.4 is 10.2 Å². The fourth-order valence-corrected chi connectivity index (χ4v) is 4.35. The third kappa shape index (κ3) is 3.13. The van der Waals surface area contributed by atoms with E-state index >= 15 is 0 Å². The number of hydrogen-bond acceptors (Lipinski definition) is 3. The third-order valence-electron chi connectivity index (χ3n) is 5.11. The Labute approximate surface area is 135 Å². The Balaban J connectivity index is 1.44. The first-order chi connectivity index (χ1) is 10.3. The minimum Gasteiger partial charge on any atom is -0.368 e. The van der Waals surface area contributed by atoms with Crippen LogP contribution in [0.1, 0.15) is 31.2 Å². The lowest BCUT2D eigenvalue weighted by molar-refractivity contribution is 0.231. The molecule has 3 aliphatic rings. The van der Waals surface area contributed by atoms with Gasteiger partial charge in [0.15, 0.2) is 0 Å². The van der Waals surface area contributed by atoms with Gasteiger partial charge in [-0.2, -0.15) is 0 Å². The predicted octanol–water partition coefficient (Wildman–Crippen LogP) is 2.99. The monoisotopic (exact) mass is 349 g/mol. The summed E-state index contributed by atoms with van der Waals surface area (Å²) in [4.78, 5) is 5.23. The zero-order valence-corrected chi connectivity index (χ0v) is 14.1. The number of benzene rings is 1. The fourth-order valence-electron chi connectivity index (χ4n) is 3.68. The molecule has 0 bridgehead atoms. The van der Waals surface area contributed by atoms with Gasteiger partial charge in [-0.1, -0.05) is 6.07 Å². The number of halogens is 1. The third-order valence-corrected chi connectivity index (χ3v) is 5.75. The molecular formula is C17H24BrN3. The van der Waals surface area contributed by atoms with Gasteiger partial charge >= 0.3 is 0 Å². The molecule has 0 aromatic heterocycles. The summed E-state index contributed by atoms with van der Waals surface area (Å²) in [6.07, 6.45) is 5.46. The summed E-state index contributed by atoms with van der Waals surface area (Å²) in [5.74, 6) is 0. The molecule has 2 saturated heterocycles. The van der Waals surface area contributed by atoms with Gasteiger partial charge in [0.05, 0.1) is 5.69 Å². The van der Waals surface area contributed by atoms with E-state index in [-0.39, 0.29) is 0 Å². The van der Waals surface area contributed by atoms with Gasteiger partial charge < -0.3 is 10.2 Å². The van der Waals surface area contributed by atoms with Crippen molar-refractivity contribution in [1.29, 1.82) is 0 Å². The molecule has 114 valence electrons. The van der Waals surface area contributed by atoms with Crippen LogP contribution in [0.2, 0.25) is 0 Å². The zero-order valence-electron chi connectivity index (χ0n) is 12.5. The number of piperazine rings is 1. The Morgan fingerprint density at radius 2 is 2.05 bits per heavy atom. The van der Waals surface area contributed by atoms with Gasteiger partial charge in [0, 0.05) is 42.7 Å². The van der Waals surface area contributed by atoms with Crippen LogP contribution in [0.4, 0.5) is 5.69 Å². The molecule has 3 nitrogen and oxygen atoms in total. The number of nitrogens with one attached hydrogen (secondary N) is 1. The van der Waals surface area contributed by atoms with Gasteiger partial charge in [0.2, 0.25) is 0 Å². The molecule has 1 saturated carbocycles. The molecule has 1 aromatic carbocycles. The van der Waals surface area contributed by atoms with Crippen molar-refractivity contribution in [3.05, 3.63) is 28.2 Å². The average molecular weight is 350 g/mol. The van der Waals surface area contributed by atoms with E-state index in [0.717, 1.165) is 25.2 Å². The van der Waals surface area contributed by atoms with Gasteiger partial charge in [-0.15, -0.1) is 0 Å². The van der Waals surface area contributed by atoms with E-state index in [4.69, 9.17) is 0 Å². The van der Waals surface area contributed by atoms with Gasteiger partial charge in [-0.05, 0) is 65.9 Å². The summed E-state index contributed by atoms with van der Waals surface area (Å²) in [5.41, 5.74) is 2.76. The van der Waals surface area contributed by atoms with Gasteiger partial charge in [-0.25, -0.2) is 0 Å². The molecule has 4 heteroatoms. The standard InChI is InChI=1S/C17H24BrN3/c18-16-10-13(11-19-14-4-5-14)3-6-17(16)21-9-8-20-7-1-2-15(20)12-21/h3,6,10,14-15,19H,1-2,4-5,7-9,11-12H2. The quantitative estimate of drug-likeness (QED) is 0.901. The predicted molar refractivity (Wildman–Crippen MR) is 90.8 cm³/mol. The fraction of sp³-hybridized carbons (Fsp3) is 0.647. The molecule has 1 aromatic rings. The highest BCUT2D eigenvalue weighted by molar-refractivity contribution is 9.10. The van der Waals surface area contributed by atoms with E-state index in [9.17, 15) is 0 Å². The van der Waals surface area contributed by atoms with Crippen molar-refractivity contribution >= 4 is 21.6 Å². The Morgan fingerprint density at radius 1 is 1.14 bits per heavy atom. The Hall–Kier alpha value is -0.580. The van der Waals surface area contributed by atoms with Crippen molar-refractivity contribution in [3.8, 4) is 0 Å². The SMILES string of the molecule is Brc1cc(CNC2CC2)ccc1N1CCN2CCCC2C1. The minimum absolute atomic E-state index is 0.777. The number of anilines is 1. The van der Waals surface area contributed by atoms with Crippen LogP contribution in [0, 0.1) is 0 Å². The van der Waals surface area contributed by atoms with Gasteiger partial charge in [0.1, 0.15) is 0 Å². The van der Waals surface area contributed by atoms with Crippen molar-refractivity contribution in [3.63, 3.8) is 0 Å². The molecule has 1 N–H and O–H groups in total. The second kappa shape index (κ2) is 5.90. The molecular weight excluding hydrogens is 326 g/mol. The van der Waals surface area contributed by atoms with E-state index in [2.05, 4.69) is 49.2 Å². The van der Waals surface area contributed by atoms with E-state index < -0.39 is 0 Å². The van der Waals surface area contributed by atoms with E-state index in [1.54, 1.807) is 0 Å². The maximum atomic E-state index is 3.79. The number of fused-ring (bicyclic) bond motifs is 1. The highest BCUT2D eigenvalue weighted by Gasteiger charge is 2.31. The molecule has 0 amide bonds. The minimum atomic E-state index is 0.777. The molecule has 1 unspecified atom stereocenters. The van der Waals surface area contributed by atoms with Crippen LogP contribution in [0.25, 0.3) is 0 Å². The van der Waals surface area contributed by atoms with Crippen LogP contribution in [0.5, 0.6) is 0 Å². The number of nitrogens with zero attached hydrogens (tertiary/aromatic N) is 2. The van der Waals surface area contributed by atoms with Crippen molar-refractivity contribution in [2.24, 2.45) is 0 Å². The Kier molecular flexibility index (Phi) is 3.94. The summed E-state index contributed by atoms with van der Waals surface area (Å²) in [6.45, 7) is 5.89. The molecule has 1 aliphatic carbocycles. The maximum Gasteiger partial charge on any atom is 0.0511 e. The lowest BCUT2D eigenvalue weighted by atomic mass is 10.1. The lowest BCUT2D eigenvalue weighted by Crippen LogP contribution is -2.50. The van der Waals surface area contributed by atoms with Crippen molar-refractivity contribution < 1.29 is 0 Å². The van der Waals surface area contributed by atoms with Crippen LogP contribution in [-0.2, 0) is 6.54 Å². The average Bonchev–Trinajstić information content (AvgIpc) is 3.21. The smallest absolute Gasteiger partial charge is 0.0511 e. The summed E-state index contributed by atoms with van der Waals surface area (Å²) in [5, 5.41) is 3.59. The van der Waals surface area contributed by atoms with Crippen molar-refractivity contribution in [2.75, 3.05) is 31.1 Å². The summed E-state index contributed by atoms with van der Waals surface area (Å²) >= 11 is 3.79. The molecule has 2 heterocycles. The lowest BCUT2D eigenvalue weighted by Gasteiger charge is -2.39. The Bertz CT molecular complexity index is 515. The summed E-state index contributed by atoms with van der Waals surface area (Å²) in [6, 6.07) is 8.45. The highest BCUT2D eigenvalue weighted by Crippen LogP contribution is 2.31.